The van der Waals surface area contributed by atoms with Crippen LogP contribution in [0.3, 0.4) is 0 Å². The quantitative estimate of drug-likeness (QED) is 0.799. The van der Waals surface area contributed by atoms with E-state index >= 15 is 0 Å². The van der Waals surface area contributed by atoms with Crippen molar-refractivity contribution in [2.24, 2.45) is 0 Å². The predicted octanol–water partition coefficient (Wildman–Crippen LogP) is 2.04. The van der Waals surface area contributed by atoms with E-state index in [1.165, 1.54) is 4.90 Å². The molecule has 5 nitrogen and oxygen atoms in total. The fourth-order valence-corrected chi connectivity index (χ4v) is 2.25. The normalized spacial score (nSPS) is 20.0. The number of amides is 1. The van der Waals surface area contributed by atoms with E-state index in [9.17, 15) is 9.59 Å². The number of hydrogen-bond donors (Lipinski definition) is 0. The fourth-order valence-electron chi connectivity index (χ4n) is 2.25. The smallest absolute Gasteiger partial charge is 0.411 e. The van der Waals surface area contributed by atoms with E-state index in [0.29, 0.717) is 12.1 Å². The summed E-state index contributed by atoms with van der Waals surface area (Å²) in [5.41, 5.74) is 1.55. The van der Waals surface area contributed by atoms with Crippen LogP contribution in [0.4, 0.5) is 4.79 Å². The Morgan fingerprint density at radius 2 is 2.05 bits per heavy atom. The molecule has 0 saturated carbocycles. The zero-order chi connectivity index (χ0) is 15.4. The largest absolute Gasteiger partial charge is 0.445 e. The van der Waals surface area contributed by atoms with E-state index < -0.39 is 12.1 Å². The van der Waals surface area contributed by atoms with E-state index in [-0.39, 0.29) is 12.4 Å². The summed E-state index contributed by atoms with van der Waals surface area (Å²) in [5.74, 6) is -0.0274. The zero-order valence-corrected chi connectivity index (χ0v) is 12.6. The third-order valence-corrected chi connectivity index (χ3v) is 3.36. The van der Waals surface area contributed by atoms with Gasteiger partial charge in [-0.05, 0) is 12.5 Å². The van der Waals surface area contributed by atoms with Gasteiger partial charge < -0.3 is 9.64 Å². The van der Waals surface area contributed by atoms with Crippen LogP contribution in [-0.2, 0) is 16.1 Å². The van der Waals surface area contributed by atoms with Gasteiger partial charge in [0.15, 0.2) is 5.78 Å². The molecule has 1 saturated heterocycles. The van der Waals surface area contributed by atoms with Crippen LogP contribution in [0.25, 0.3) is 0 Å². The van der Waals surface area contributed by atoms with Crippen LogP contribution in [0.5, 0.6) is 0 Å². The highest BCUT2D eigenvalue weighted by Crippen LogP contribution is 2.20. The molecule has 1 heterocycles. The summed E-state index contributed by atoms with van der Waals surface area (Å²) in [4.78, 5) is 27.5. The maximum atomic E-state index is 12.1. The zero-order valence-electron chi connectivity index (χ0n) is 12.6. The van der Waals surface area contributed by atoms with Crippen LogP contribution in [0.15, 0.2) is 42.1 Å². The number of carbonyl (C=O) groups is 2. The number of hydrogen-bond acceptors (Lipinski definition) is 4. The molecule has 1 aliphatic rings. The summed E-state index contributed by atoms with van der Waals surface area (Å²) in [6.45, 7) is 2.23. The van der Waals surface area contributed by atoms with Gasteiger partial charge in [0.1, 0.15) is 6.61 Å². The molecule has 0 spiro atoms. The summed E-state index contributed by atoms with van der Waals surface area (Å²) in [6.07, 6.45) is 1.30. The highest BCUT2D eigenvalue weighted by Gasteiger charge is 2.37. The first-order chi connectivity index (χ1) is 9.99. The molecule has 1 fully saturated rings. The minimum absolute atomic E-state index is 0.0274. The molecule has 5 heteroatoms. The molecule has 1 aromatic carbocycles. The molecule has 2 rings (SSSR count). The monoisotopic (exact) mass is 288 g/mol. The number of ketones is 1. The maximum absolute atomic E-state index is 12.1. The van der Waals surface area contributed by atoms with Gasteiger partial charge in [-0.3, -0.25) is 9.69 Å². The Morgan fingerprint density at radius 3 is 2.67 bits per heavy atom. The molecule has 0 radical (unpaired) electrons. The number of benzene rings is 1. The van der Waals surface area contributed by atoms with Gasteiger partial charge in [-0.2, -0.15) is 0 Å². The van der Waals surface area contributed by atoms with Crippen molar-refractivity contribution in [1.82, 2.24) is 9.80 Å². The number of ether oxygens (including phenoxy) is 1. The molecule has 0 aromatic heterocycles. The molecule has 1 amide bonds. The summed E-state index contributed by atoms with van der Waals surface area (Å²) in [7, 11) is 3.70. The van der Waals surface area contributed by atoms with Gasteiger partial charge in [0, 0.05) is 25.9 Å². The summed E-state index contributed by atoms with van der Waals surface area (Å²) in [5, 5.41) is 0. The minimum Gasteiger partial charge on any atom is -0.445 e. The van der Waals surface area contributed by atoms with Crippen molar-refractivity contribution >= 4 is 11.9 Å². The lowest BCUT2D eigenvalue weighted by atomic mass is 10.1. The van der Waals surface area contributed by atoms with Crippen molar-refractivity contribution in [3.63, 3.8) is 0 Å². The first kappa shape index (κ1) is 15.1. The Hall–Kier alpha value is -2.30. The number of likely N-dealkylation sites (tertiary alicyclic amines) is 1. The van der Waals surface area contributed by atoms with Gasteiger partial charge in [0.25, 0.3) is 0 Å². The van der Waals surface area contributed by atoms with Crippen LogP contribution in [-0.4, -0.2) is 48.4 Å². The number of Topliss-reactive ketones (excluding diaryl/α,β-unsaturated/α-hetero) is 1. The number of rotatable bonds is 3. The summed E-state index contributed by atoms with van der Waals surface area (Å²) in [6, 6.07) is 9.00. The highest BCUT2D eigenvalue weighted by molar-refractivity contribution is 6.04. The van der Waals surface area contributed by atoms with Crippen molar-refractivity contribution in [2.45, 2.75) is 19.6 Å². The number of carbonyl (C=O) groups excluding carboxylic acids is 2. The van der Waals surface area contributed by atoms with Crippen LogP contribution < -0.4 is 0 Å². The molecular formula is C16H20N2O3. The van der Waals surface area contributed by atoms with E-state index in [1.807, 2.05) is 44.4 Å². The Morgan fingerprint density at radius 1 is 1.38 bits per heavy atom. The lowest BCUT2D eigenvalue weighted by molar-refractivity contribution is -0.116. The van der Waals surface area contributed by atoms with E-state index in [1.54, 1.807) is 18.0 Å². The molecule has 0 bridgehead atoms. The van der Waals surface area contributed by atoms with Gasteiger partial charge in [-0.25, -0.2) is 4.79 Å². The highest BCUT2D eigenvalue weighted by atomic mass is 16.6. The molecule has 1 unspecified atom stereocenters. The van der Waals surface area contributed by atoms with Crippen molar-refractivity contribution in [3.05, 3.63) is 47.7 Å². The van der Waals surface area contributed by atoms with E-state index in [2.05, 4.69) is 0 Å². The van der Waals surface area contributed by atoms with Gasteiger partial charge in [0.05, 0.1) is 12.6 Å². The lowest BCUT2D eigenvalue weighted by Gasteiger charge is -2.19. The van der Waals surface area contributed by atoms with Gasteiger partial charge >= 0.3 is 6.09 Å². The van der Waals surface area contributed by atoms with Crippen molar-refractivity contribution < 1.29 is 14.3 Å². The average molecular weight is 288 g/mol. The van der Waals surface area contributed by atoms with E-state index in [0.717, 1.165) is 5.56 Å². The molecule has 1 aliphatic heterocycles. The molecule has 112 valence electrons. The molecule has 21 heavy (non-hydrogen) atoms. The van der Waals surface area contributed by atoms with Crippen molar-refractivity contribution in [2.75, 3.05) is 20.6 Å². The Balaban J connectivity index is 1.98. The Bertz CT molecular complexity index is 552. The van der Waals surface area contributed by atoms with Gasteiger partial charge in [-0.15, -0.1) is 0 Å². The second-order valence-corrected chi connectivity index (χ2v) is 5.33. The third kappa shape index (κ3) is 3.62. The minimum atomic E-state index is -0.473. The number of nitrogens with zero attached hydrogens (tertiary/aromatic N) is 2. The fraction of sp³-hybridized carbons (Fsp3) is 0.375. The topological polar surface area (TPSA) is 49.9 Å². The average Bonchev–Trinajstić information content (AvgIpc) is 2.74. The maximum Gasteiger partial charge on any atom is 0.411 e. The first-order valence-electron chi connectivity index (χ1n) is 6.87. The Kier molecular flexibility index (Phi) is 4.62. The van der Waals surface area contributed by atoms with Crippen LogP contribution in [0, 0.1) is 0 Å². The Labute approximate surface area is 124 Å². The second kappa shape index (κ2) is 6.43. The standard InChI is InChI=1S/C16H20N2O3/c1-12-15(19)14(9-17(2)3)10-18(12)16(20)21-11-13-7-5-4-6-8-13/h4-9,12H,10-11H2,1-3H3. The van der Waals surface area contributed by atoms with Crippen LogP contribution in [0.1, 0.15) is 12.5 Å². The van der Waals surface area contributed by atoms with Crippen LogP contribution >= 0.6 is 0 Å². The third-order valence-electron chi connectivity index (χ3n) is 3.36. The predicted molar refractivity (Wildman–Crippen MR) is 79.6 cm³/mol. The molecule has 0 N–H and O–H groups in total. The molecular weight excluding hydrogens is 268 g/mol. The lowest BCUT2D eigenvalue weighted by Crippen LogP contribution is -2.36. The van der Waals surface area contributed by atoms with Crippen LogP contribution in [0.2, 0.25) is 0 Å². The first-order valence-corrected chi connectivity index (χ1v) is 6.87. The van der Waals surface area contributed by atoms with Gasteiger partial charge in [-0.1, -0.05) is 30.3 Å². The summed E-state index contributed by atoms with van der Waals surface area (Å²) >= 11 is 0. The van der Waals surface area contributed by atoms with Crippen molar-refractivity contribution in [1.29, 1.82) is 0 Å². The molecule has 1 aromatic rings. The molecule has 1 atom stereocenters. The van der Waals surface area contributed by atoms with Gasteiger partial charge in [0.2, 0.25) is 0 Å². The SMILES string of the molecule is CC1C(=O)C(=CN(C)C)CN1C(=O)OCc1ccccc1. The van der Waals surface area contributed by atoms with E-state index in [4.69, 9.17) is 4.74 Å². The summed E-state index contributed by atoms with van der Waals surface area (Å²) < 4.78 is 5.28. The van der Waals surface area contributed by atoms with Crippen molar-refractivity contribution in [3.8, 4) is 0 Å². The second-order valence-electron chi connectivity index (χ2n) is 5.33. The molecule has 0 aliphatic carbocycles.